The van der Waals surface area contributed by atoms with E-state index in [1.54, 1.807) is 30.6 Å². The van der Waals surface area contributed by atoms with Crippen LogP contribution in [0.2, 0.25) is 0 Å². The first-order valence-electron chi connectivity index (χ1n) is 8.41. The molecule has 0 fully saturated rings. The Bertz CT molecular complexity index is 1040. The summed E-state index contributed by atoms with van der Waals surface area (Å²) in [5.74, 6) is 0.131. The molecule has 2 heterocycles. The number of rotatable bonds is 5. The van der Waals surface area contributed by atoms with Gasteiger partial charge in [0.15, 0.2) is 0 Å². The Labute approximate surface area is 149 Å². The van der Waals surface area contributed by atoms with Gasteiger partial charge in [-0.1, -0.05) is 19.9 Å². The molecule has 134 valence electrons. The molecule has 0 aliphatic carbocycles. The van der Waals surface area contributed by atoms with Crippen molar-refractivity contribution in [3.8, 4) is 0 Å². The van der Waals surface area contributed by atoms with Gasteiger partial charge in [-0.25, -0.2) is 0 Å². The minimum absolute atomic E-state index is 0.165. The van der Waals surface area contributed by atoms with Gasteiger partial charge in [-0.05, 0) is 42.2 Å². The summed E-state index contributed by atoms with van der Waals surface area (Å²) in [7, 11) is 0. The van der Waals surface area contributed by atoms with E-state index in [2.05, 4.69) is 34.1 Å². The Morgan fingerprint density at radius 2 is 1.85 bits per heavy atom. The first-order valence-corrected chi connectivity index (χ1v) is 8.41. The third kappa shape index (κ3) is 3.88. The molecule has 0 bridgehead atoms. The smallest absolute Gasteiger partial charge is 0.314 e. The van der Waals surface area contributed by atoms with Crippen LogP contribution in [0.3, 0.4) is 0 Å². The maximum atomic E-state index is 12.7. The Morgan fingerprint density at radius 1 is 1.12 bits per heavy atom. The molecule has 1 unspecified atom stereocenters. The number of H-pyrrole nitrogens is 2. The Kier molecular flexibility index (Phi) is 4.97. The van der Waals surface area contributed by atoms with Crippen LogP contribution in [-0.2, 0) is 0 Å². The lowest BCUT2D eigenvalue weighted by Gasteiger charge is -2.21. The van der Waals surface area contributed by atoms with Crippen LogP contribution in [0, 0.1) is 5.92 Å². The van der Waals surface area contributed by atoms with Crippen molar-refractivity contribution in [2.45, 2.75) is 26.3 Å². The third-order valence-electron chi connectivity index (χ3n) is 4.08. The van der Waals surface area contributed by atoms with E-state index in [-0.39, 0.29) is 11.9 Å². The molecular weight excluding hydrogens is 332 g/mol. The molecule has 3 rings (SSSR count). The van der Waals surface area contributed by atoms with Gasteiger partial charge in [-0.3, -0.25) is 19.4 Å². The number of hydrogen-bond donors (Lipinski definition) is 3. The van der Waals surface area contributed by atoms with Gasteiger partial charge in [0.2, 0.25) is 0 Å². The fourth-order valence-corrected chi connectivity index (χ4v) is 2.83. The highest BCUT2D eigenvalue weighted by atomic mass is 16.2. The molecule has 2 aromatic heterocycles. The van der Waals surface area contributed by atoms with Crippen LogP contribution in [0.4, 0.5) is 0 Å². The van der Waals surface area contributed by atoms with Gasteiger partial charge >= 0.3 is 11.1 Å². The molecule has 0 saturated carbocycles. The van der Waals surface area contributed by atoms with Crippen molar-refractivity contribution in [1.29, 1.82) is 0 Å². The van der Waals surface area contributed by atoms with Gasteiger partial charge in [-0.15, -0.1) is 0 Å². The van der Waals surface area contributed by atoms with E-state index in [1.807, 2.05) is 12.1 Å². The molecule has 0 saturated heterocycles. The molecule has 0 aliphatic heterocycles. The highest BCUT2D eigenvalue weighted by Crippen LogP contribution is 2.21. The van der Waals surface area contributed by atoms with Gasteiger partial charge in [0.1, 0.15) is 0 Å². The number of aromatic nitrogens is 3. The zero-order valence-corrected chi connectivity index (χ0v) is 14.6. The van der Waals surface area contributed by atoms with Gasteiger partial charge in [0.05, 0.1) is 17.1 Å². The number of benzene rings is 1. The van der Waals surface area contributed by atoms with Crippen LogP contribution in [0.1, 0.15) is 42.2 Å². The van der Waals surface area contributed by atoms with Crippen molar-refractivity contribution >= 4 is 16.9 Å². The highest BCUT2D eigenvalue weighted by Gasteiger charge is 2.18. The summed E-state index contributed by atoms with van der Waals surface area (Å²) in [6, 6.07) is 8.37. The number of fused-ring (bicyclic) bond motifs is 1. The normalized spacial score (nSPS) is 12.3. The second-order valence-corrected chi connectivity index (χ2v) is 6.61. The van der Waals surface area contributed by atoms with Crippen molar-refractivity contribution in [1.82, 2.24) is 20.3 Å². The summed E-state index contributed by atoms with van der Waals surface area (Å²) < 4.78 is 0. The average Bonchev–Trinajstić information content (AvgIpc) is 2.62. The quantitative estimate of drug-likeness (QED) is 0.611. The lowest BCUT2D eigenvalue weighted by atomic mass is 9.98. The SMILES string of the molecule is CC(C)CC(NC(=O)c1ccc2[nH]c(=O)c(=O)[nH]c2c1)c1cccnc1. The van der Waals surface area contributed by atoms with Crippen LogP contribution < -0.4 is 16.4 Å². The zero-order chi connectivity index (χ0) is 18.7. The molecule has 1 atom stereocenters. The van der Waals surface area contributed by atoms with Gasteiger partial charge < -0.3 is 15.3 Å². The molecule has 7 heteroatoms. The maximum absolute atomic E-state index is 12.7. The topological polar surface area (TPSA) is 108 Å². The highest BCUT2D eigenvalue weighted by molar-refractivity contribution is 5.97. The second kappa shape index (κ2) is 7.35. The summed E-state index contributed by atoms with van der Waals surface area (Å²) in [5, 5.41) is 3.03. The fourth-order valence-electron chi connectivity index (χ4n) is 2.83. The number of nitrogens with one attached hydrogen (secondary N) is 3. The average molecular weight is 352 g/mol. The number of hydrogen-bond acceptors (Lipinski definition) is 4. The van der Waals surface area contributed by atoms with E-state index < -0.39 is 11.1 Å². The lowest BCUT2D eigenvalue weighted by Crippen LogP contribution is -2.30. The van der Waals surface area contributed by atoms with Crippen molar-refractivity contribution in [2.75, 3.05) is 0 Å². The van der Waals surface area contributed by atoms with Gasteiger partial charge in [0, 0.05) is 18.0 Å². The number of amides is 1. The Balaban J connectivity index is 1.89. The number of aromatic amines is 2. The van der Waals surface area contributed by atoms with E-state index in [4.69, 9.17) is 0 Å². The number of carbonyl (C=O) groups excluding carboxylic acids is 1. The van der Waals surface area contributed by atoms with E-state index in [0.29, 0.717) is 22.5 Å². The summed E-state index contributed by atoms with van der Waals surface area (Å²) in [5.41, 5.74) is 0.749. The minimum Gasteiger partial charge on any atom is -0.345 e. The Morgan fingerprint density at radius 3 is 2.50 bits per heavy atom. The maximum Gasteiger partial charge on any atom is 0.314 e. The van der Waals surface area contributed by atoms with Crippen LogP contribution in [0.25, 0.3) is 11.0 Å². The van der Waals surface area contributed by atoms with E-state index in [1.165, 1.54) is 0 Å². The molecule has 3 aromatic rings. The first kappa shape index (κ1) is 17.6. The van der Waals surface area contributed by atoms with Crippen LogP contribution in [0.5, 0.6) is 0 Å². The van der Waals surface area contributed by atoms with Crippen LogP contribution in [-0.4, -0.2) is 20.9 Å². The monoisotopic (exact) mass is 352 g/mol. The summed E-state index contributed by atoms with van der Waals surface area (Å²) in [6.45, 7) is 4.18. The predicted octanol–water partition coefficient (Wildman–Crippen LogP) is 2.13. The van der Waals surface area contributed by atoms with Crippen molar-refractivity contribution in [3.63, 3.8) is 0 Å². The lowest BCUT2D eigenvalue weighted by molar-refractivity contribution is 0.0932. The number of carbonyl (C=O) groups is 1. The molecule has 1 amide bonds. The standard InChI is InChI=1S/C19H20N4O3/c1-11(2)8-15(13-4-3-7-20-10-13)22-17(24)12-5-6-14-16(9-12)23-19(26)18(25)21-14/h3-7,9-11,15H,8H2,1-2H3,(H,21,25)(H,22,24)(H,23,26). The van der Waals surface area contributed by atoms with Crippen molar-refractivity contribution in [3.05, 3.63) is 74.6 Å². The predicted molar refractivity (Wildman–Crippen MR) is 99.1 cm³/mol. The summed E-state index contributed by atoms with van der Waals surface area (Å²) in [6.07, 6.45) is 4.21. The van der Waals surface area contributed by atoms with Gasteiger partial charge in [-0.2, -0.15) is 0 Å². The molecular formula is C19H20N4O3. The third-order valence-corrected chi connectivity index (χ3v) is 4.08. The van der Waals surface area contributed by atoms with Crippen LogP contribution >= 0.6 is 0 Å². The molecule has 0 radical (unpaired) electrons. The molecule has 7 nitrogen and oxygen atoms in total. The number of pyridine rings is 1. The minimum atomic E-state index is -0.747. The fraction of sp³-hybridized carbons (Fsp3) is 0.263. The molecule has 0 spiro atoms. The van der Waals surface area contributed by atoms with E-state index >= 15 is 0 Å². The zero-order valence-electron chi connectivity index (χ0n) is 14.6. The van der Waals surface area contributed by atoms with Gasteiger partial charge in [0.25, 0.3) is 5.91 Å². The molecule has 1 aromatic carbocycles. The summed E-state index contributed by atoms with van der Waals surface area (Å²) in [4.78, 5) is 44.7. The van der Waals surface area contributed by atoms with E-state index in [0.717, 1.165) is 12.0 Å². The number of nitrogens with zero attached hydrogens (tertiary/aromatic N) is 1. The van der Waals surface area contributed by atoms with Crippen LogP contribution in [0.15, 0.2) is 52.3 Å². The van der Waals surface area contributed by atoms with Crippen molar-refractivity contribution in [2.24, 2.45) is 5.92 Å². The largest absolute Gasteiger partial charge is 0.345 e. The van der Waals surface area contributed by atoms with Crippen molar-refractivity contribution < 1.29 is 4.79 Å². The van der Waals surface area contributed by atoms with E-state index in [9.17, 15) is 14.4 Å². The Hall–Kier alpha value is -3.22. The molecule has 0 aliphatic rings. The molecule has 3 N–H and O–H groups in total. The summed E-state index contributed by atoms with van der Waals surface area (Å²) >= 11 is 0. The second-order valence-electron chi connectivity index (χ2n) is 6.61. The molecule has 26 heavy (non-hydrogen) atoms. The first-order chi connectivity index (χ1) is 12.4.